The van der Waals surface area contributed by atoms with Crippen molar-refractivity contribution in [2.24, 2.45) is 5.92 Å². The number of nitrogens with one attached hydrogen (secondary N) is 1. The molecule has 0 radical (unpaired) electrons. The second-order valence-electron chi connectivity index (χ2n) is 8.29. The van der Waals surface area contributed by atoms with Gasteiger partial charge in [0.1, 0.15) is 5.00 Å². The monoisotopic (exact) mass is 464 g/mol. The number of nitrogens with zero attached hydrogens (tertiary/aromatic N) is 1. The summed E-state index contributed by atoms with van der Waals surface area (Å²) in [5.41, 5.74) is 1.97. The lowest BCUT2D eigenvalue weighted by Gasteiger charge is -2.31. The lowest BCUT2D eigenvalue weighted by Crippen LogP contribution is -2.41. The van der Waals surface area contributed by atoms with Crippen LogP contribution in [0.1, 0.15) is 50.9 Å². The van der Waals surface area contributed by atoms with Crippen LogP contribution in [-0.4, -0.2) is 42.4 Å². The summed E-state index contributed by atoms with van der Waals surface area (Å²) in [6.45, 7) is 6.88. The number of carbonyl (C=O) groups is 3. The van der Waals surface area contributed by atoms with E-state index in [0.29, 0.717) is 42.1 Å². The summed E-state index contributed by atoms with van der Waals surface area (Å²) in [7, 11) is 0. The van der Waals surface area contributed by atoms with Crippen LogP contribution in [-0.2, 0) is 9.53 Å². The minimum Gasteiger partial charge on any atom is -0.462 e. The van der Waals surface area contributed by atoms with E-state index in [1.807, 2.05) is 61.2 Å². The summed E-state index contributed by atoms with van der Waals surface area (Å²) in [4.78, 5) is 41.4. The number of thiophene rings is 1. The highest BCUT2D eigenvalue weighted by atomic mass is 32.1. The lowest BCUT2D eigenvalue weighted by molar-refractivity contribution is -0.121. The van der Waals surface area contributed by atoms with E-state index in [1.165, 1.54) is 11.3 Å². The minimum absolute atomic E-state index is 0.000220. The molecule has 2 aromatic carbocycles. The highest BCUT2D eigenvalue weighted by Gasteiger charge is 2.30. The second-order valence-corrected chi connectivity index (χ2v) is 9.52. The Balaban J connectivity index is 1.42. The quantitative estimate of drug-likeness (QED) is 0.528. The Labute approximate surface area is 197 Å². The first-order valence-corrected chi connectivity index (χ1v) is 12.1. The van der Waals surface area contributed by atoms with Crippen molar-refractivity contribution < 1.29 is 19.1 Å². The summed E-state index contributed by atoms with van der Waals surface area (Å²) in [6.07, 6.45) is 1.17. The van der Waals surface area contributed by atoms with Crippen molar-refractivity contribution in [2.45, 2.75) is 33.6 Å². The minimum atomic E-state index is -0.412. The van der Waals surface area contributed by atoms with Gasteiger partial charge >= 0.3 is 5.97 Å². The van der Waals surface area contributed by atoms with Crippen LogP contribution in [0.25, 0.3) is 10.8 Å². The number of ether oxygens (including phenoxy) is 1. The number of likely N-dealkylation sites (tertiary alicyclic amines) is 1. The highest BCUT2D eigenvalue weighted by molar-refractivity contribution is 7.16. The standard InChI is InChI=1S/C26H28N2O4S/c1-4-32-26(31)22-16(2)17(3)33-24(22)27-23(29)19-12-14-28(15-13-19)25(30)21-11-7-9-18-8-5-6-10-20(18)21/h5-11,19H,4,12-15H2,1-3H3,(H,27,29). The summed E-state index contributed by atoms with van der Waals surface area (Å²) in [5, 5.41) is 5.48. The Morgan fingerprint density at radius 3 is 2.48 bits per heavy atom. The molecule has 1 N–H and O–H groups in total. The predicted molar refractivity (Wildman–Crippen MR) is 131 cm³/mol. The Kier molecular flexibility index (Phi) is 6.79. The first-order valence-electron chi connectivity index (χ1n) is 11.3. The number of anilines is 1. The van der Waals surface area contributed by atoms with Crippen LogP contribution >= 0.6 is 11.3 Å². The van der Waals surface area contributed by atoms with E-state index in [1.54, 1.807) is 6.92 Å². The van der Waals surface area contributed by atoms with Gasteiger partial charge in [0.25, 0.3) is 5.91 Å². The number of hydrogen-bond acceptors (Lipinski definition) is 5. The van der Waals surface area contributed by atoms with Crippen molar-refractivity contribution in [1.82, 2.24) is 4.90 Å². The average molecular weight is 465 g/mol. The number of hydrogen-bond donors (Lipinski definition) is 1. The molecule has 0 unspecified atom stereocenters. The molecule has 6 nitrogen and oxygen atoms in total. The van der Waals surface area contributed by atoms with Crippen molar-refractivity contribution in [1.29, 1.82) is 0 Å². The maximum absolute atomic E-state index is 13.2. The third-order valence-corrected chi connectivity index (χ3v) is 7.40. The SMILES string of the molecule is CCOC(=O)c1c(NC(=O)C2CCN(C(=O)c3cccc4ccccc34)CC2)sc(C)c1C. The van der Waals surface area contributed by atoms with Crippen molar-refractivity contribution in [3.05, 3.63) is 64.0 Å². The van der Waals surface area contributed by atoms with Crippen LogP contribution < -0.4 is 5.32 Å². The molecule has 0 saturated carbocycles. The van der Waals surface area contributed by atoms with Gasteiger partial charge in [0.15, 0.2) is 0 Å². The molecule has 0 atom stereocenters. The van der Waals surface area contributed by atoms with Gasteiger partial charge < -0.3 is 15.0 Å². The third kappa shape index (κ3) is 4.64. The van der Waals surface area contributed by atoms with E-state index in [4.69, 9.17) is 4.74 Å². The molecule has 3 aromatic rings. The van der Waals surface area contributed by atoms with E-state index in [-0.39, 0.29) is 24.3 Å². The van der Waals surface area contributed by atoms with Crippen molar-refractivity contribution in [3.8, 4) is 0 Å². The van der Waals surface area contributed by atoms with Gasteiger partial charge in [0, 0.05) is 29.4 Å². The fraction of sp³-hybridized carbons (Fsp3) is 0.346. The van der Waals surface area contributed by atoms with Gasteiger partial charge in [-0.15, -0.1) is 11.3 Å². The second kappa shape index (κ2) is 9.75. The number of carbonyl (C=O) groups excluding carboxylic acids is 3. The summed E-state index contributed by atoms with van der Waals surface area (Å²) >= 11 is 1.39. The van der Waals surface area contributed by atoms with E-state index >= 15 is 0 Å². The molecule has 1 aliphatic heterocycles. The maximum Gasteiger partial charge on any atom is 0.341 e. The first-order chi connectivity index (χ1) is 15.9. The number of amides is 2. The first kappa shape index (κ1) is 23.0. The average Bonchev–Trinajstić information content (AvgIpc) is 3.11. The number of aryl methyl sites for hydroxylation is 1. The zero-order chi connectivity index (χ0) is 23.5. The van der Waals surface area contributed by atoms with Gasteiger partial charge in [0.05, 0.1) is 12.2 Å². The Bertz CT molecular complexity index is 1200. The fourth-order valence-electron chi connectivity index (χ4n) is 4.31. The number of esters is 1. The van der Waals surface area contributed by atoms with Gasteiger partial charge in [-0.05, 0) is 56.0 Å². The van der Waals surface area contributed by atoms with Crippen molar-refractivity contribution in [3.63, 3.8) is 0 Å². The molecule has 33 heavy (non-hydrogen) atoms. The summed E-state index contributed by atoms with van der Waals surface area (Å²) in [6, 6.07) is 13.6. The smallest absolute Gasteiger partial charge is 0.341 e. The Hall–Kier alpha value is -3.19. The van der Waals surface area contributed by atoms with Gasteiger partial charge in [0.2, 0.25) is 5.91 Å². The molecule has 0 aliphatic carbocycles. The molecule has 1 fully saturated rings. The van der Waals surface area contributed by atoms with E-state index in [9.17, 15) is 14.4 Å². The van der Waals surface area contributed by atoms with Crippen LogP contribution in [0.4, 0.5) is 5.00 Å². The zero-order valence-corrected chi connectivity index (χ0v) is 20.0. The van der Waals surface area contributed by atoms with E-state index in [2.05, 4.69) is 5.32 Å². The molecule has 7 heteroatoms. The van der Waals surface area contributed by atoms with E-state index in [0.717, 1.165) is 21.2 Å². The van der Waals surface area contributed by atoms with Crippen LogP contribution in [0.2, 0.25) is 0 Å². The van der Waals surface area contributed by atoms with Gasteiger partial charge in [-0.25, -0.2) is 4.79 Å². The van der Waals surface area contributed by atoms with Gasteiger partial charge in [-0.3, -0.25) is 9.59 Å². The van der Waals surface area contributed by atoms with Gasteiger partial charge in [-0.2, -0.15) is 0 Å². The van der Waals surface area contributed by atoms with Crippen molar-refractivity contribution >= 4 is 44.9 Å². The lowest BCUT2D eigenvalue weighted by atomic mass is 9.94. The number of rotatable bonds is 5. The van der Waals surface area contributed by atoms with Crippen LogP contribution in [0.5, 0.6) is 0 Å². The van der Waals surface area contributed by atoms with Crippen LogP contribution in [0.3, 0.4) is 0 Å². The van der Waals surface area contributed by atoms with Crippen molar-refractivity contribution in [2.75, 3.05) is 25.0 Å². The molecule has 4 rings (SSSR count). The zero-order valence-electron chi connectivity index (χ0n) is 19.1. The molecule has 2 amide bonds. The molecule has 1 aromatic heterocycles. The normalized spacial score (nSPS) is 14.3. The topological polar surface area (TPSA) is 75.7 Å². The molecule has 0 bridgehead atoms. The highest BCUT2D eigenvalue weighted by Crippen LogP contribution is 2.34. The molecule has 2 heterocycles. The molecule has 172 valence electrons. The number of benzene rings is 2. The maximum atomic E-state index is 13.2. The molecule has 1 aliphatic rings. The fourth-order valence-corrected chi connectivity index (χ4v) is 5.36. The molecule has 0 spiro atoms. The largest absolute Gasteiger partial charge is 0.462 e. The summed E-state index contributed by atoms with van der Waals surface area (Å²) < 4.78 is 5.18. The van der Waals surface area contributed by atoms with E-state index < -0.39 is 5.97 Å². The third-order valence-electron chi connectivity index (χ3n) is 6.27. The van der Waals surface area contributed by atoms with Crippen LogP contribution in [0, 0.1) is 19.8 Å². The Morgan fingerprint density at radius 1 is 1.06 bits per heavy atom. The van der Waals surface area contributed by atoms with Crippen LogP contribution in [0.15, 0.2) is 42.5 Å². The number of piperidine rings is 1. The number of fused-ring (bicyclic) bond motifs is 1. The predicted octanol–water partition coefficient (Wildman–Crippen LogP) is 5.19. The Morgan fingerprint density at radius 2 is 1.76 bits per heavy atom. The molecule has 1 saturated heterocycles. The molecular weight excluding hydrogens is 436 g/mol. The molecular formula is C26H28N2O4S. The summed E-state index contributed by atoms with van der Waals surface area (Å²) in [5.74, 6) is -0.733. The van der Waals surface area contributed by atoms with Gasteiger partial charge in [-0.1, -0.05) is 36.4 Å².